The van der Waals surface area contributed by atoms with Crippen LogP contribution in [0.15, 0.2) is 0 Å². The third kappa shape index (κ3) is 8.67. The van der Waals surface area contributed by atoms with Gasteiger partial charge in [-0.15, -0.1) is 0 Å². The molecule has 1 N–H and O–H groups in total. The van der Waals surface area contributed by atoms with Crippen molar-refractivity contribution in [3.63, 3.8) is 0 Å². The molecule has 0 aromatic heterocycles. The van der Waals surface area contributed by atoms with Crippen LogP contribution in [0.3, 0.4) is 0 Å². The number of hydrogen-bond donors (Lipinski definition) is 1. The summed E-state index contributed by atoms with van der Waals surface area (Å²) >= 11 is 0. The molecule has 0 atom stereocenters. The van der Waals surface area contributed by atoms with Crippen LogP contribution >= 0.6 is 0 Å². The van der Waals surface area contributed by atoms with Crippen LogP contribution in [0.25, 0.3) is 0 Å². The fraction of sp³-hybridized carbons (Fsp3) is 0.500. The van der Waals surface area contributed by atoms with E-state index in [1.54, 1.807) is 0 Å². The molecule has 0 rings (SSSR count). The molecule has 0 bridgehead atoms. The second-order valence-electron chi connectivity index (χ2n) is 2.42. The maximum atomic E-state index is 10.1. The fourth-order valence-electron chi connectivity index (χ4n) is 0.684. The second-order valence-corrected chi connectivity index (χ2v) is 2.42. The van der Waals surface area contributed by atoms with Gasteiger partial charge < -0.3 is 34.8 Å². The average Bonchev–Trinajstić information content (AvgIpc) is 1.82. The number of rotatable bonds is 5. The zero-order valence-electron chi connectivity index (χ0n) is 6.76. The molecule has 0 amide bonds. The predicted molar refractivity (Wildman–Crippen MR) is 42.1 cm³/mol. The summed E-state index contributed by atoms with van der Waals surface area (Å²) in [6, 6.07) is 0. The summed E-state index contributed by atoms with van der Waals surface area (Å²) in [5.74, 6) is -5.98. The second kappa shape index (κ2) is 8.98. The first-order valence-electron chi connectivity index (χ1n) is 3.11. The van der Waals surface area contributed by atoms with E-state index < -0.39 is 36.4 Å². The first-order valence-corrected chi connectivity index (χ1v) is 3.11. The average molecular weight is 438 g/mol. The van der Waals surface area contributed by atoms with Crippen molar-refractivity contribution in [1.82, 2.24) is 0 Å². The van der Waals surface area contributed by atoms with Gasteiger partial charge in [-0.1, -0.05) is 0 Å². The van der Waals surface area contributed by atoms with E-state index >= 15 is 0 Å². The molecule has 0 saturated carbocycles. The van der Waals surface area contributed by atoms with Crippen molar-refractivity contribution in [2.75, 3.05) is 0 Å². The molecule has 0 aliphatic rings. The third-order valence-electron chi connectivity index (χ3n) is 1.25. The molecule has 0 saturated heterocycles. The number of carbonyl (C=O) groups excluding carboxylic acids is 3. The summed E-state index contributed by atoms with van der Waals surface area (Å²) in [5, 5.41) is 38.9. The molecule has 0 aliphatic heterocycles. The SMILES string of the molecule is O=C([O-])CC(O)(CC(=O)[O-])C(=O)[O-].[Bi+3].[KH]. The maximum absolute atomic E-state index is 10.1. The molecule has 0 heterocycles. The van der Waals surface area contributed by atoms with E-state index in [0.717, 1.165) is 0 Å². The van der Waals surface area contributed by atoms with E-state index in [0.29, 0.717) is 0 Å². The summed E-state index contributed by atoms with van der Waals surface area (Å²) in [6.45, 7) is 0. The van der Waals surface area contributed by atoms with Crippen LogP contribution in [0.4, 0.5) is 0 Å². The van der Waals surface area contributed by atoms with E-state index in [1.165, 1.54) is 0 Å². The minimum atomic E-state index is -2.97. The summed E-state index contributed by atoms with van der Waals surface area (Å²) in [5.41, 5.74) is -2.97. The molecule has 0 aromatic carbocycles. The van der Waals surface area contributed by atoms with Crippen LogP contribution in [-0.2, 0) is 14.4 Å². The van der Waals surface area contributed by atoms with E-state index in [-0.39, 0.29) is 77.6 Å². The summed E-state index contributed by atoms with van der Waals surface area (Å²) in [7, 11) is 0. The van der Waals surface area contributed by atoms with Gasteiger partial charge in [-0.2, -0.15) is 0 Å². The van der Waals surface area contributed by atoms with Crippen molar-refractivity contribution in [3.05, 3.63) is 0 Å². The molecule has 7 nitrogen and oxygen atoms in total. The van der Waals surface area contributed by atoms with Gasteiger partial charge in [0.15, 0.2) is 0 Å². The monoisotopic (exact) mass is 438 g/mol. The van der Waals surface area contributed by atoms with Gasteiger partial charge in [0.05, 0.1) is 5.97 Å². The molecule has 0 aliphatic carbocycles. The van der Waals surface area contributed by atoms with E-state index in [9.17, 15) is 29.7 Å². The normalized spacial score (nSPS) is 9.40. The van der Waals surface area contributed by atoms with Crippen molar-refractivity contribution >= 4 is 95.5 Å². The summed E-state index contributed by atoms with van der Waals surface area (Å²) in [6.07, 6.45) is -2.72. The summed E-state index contributed by atoms with van der Waals surface area (Å²) in [4.78, 5) is 30.0. The molecule has 9 heteroatoms. The van der Waals surface area contributed by atoms with Gasteiger partial charge in [0.2, 0.25) is 0 Å². The molecule has 2 radical (unpaired) electrons. The quantitative estimate of drug-likeness (QED) is 0.421. The van der Waals surface area contributed by atoms with Gasteiger partial charge >= 0.3 is 77.6 Å². The predicted octanol–water partition coefficient (Wildman–Crippen LogP) is -6.28. The van der Waals surface area contributed by atoms with Gasteiger partial charge in [0.1, 0.15) is 5.60 Å². The topological polar surface area (TPSA) is 141 Å². The van der Waals surface area contributed by atoms with Crippen LogP contribution in [0.2, 0.25) is 0 Å². The van der Waals surface area contributed by atoms with Crippen molar-refractivity contribution < 1.29 is 34.8 Å². The Balaban J connectivity index is -0.000000720. The number of aliphatic hydroxyl groups is 1. The Bertz CT molecular complexity index is 238. The Hall–Kier alpha value is 0.889. The number of hydrogen-bond acceptors (Lipinski definition) is 7. The van der Waals surface area contributed by atoms with Crippen LogP contribution < -0.4 is 15.3 Å². The Morgan fingerprint density at radius 3 is 1.40 bits per heavy atom. The Labute approximate surface area is 146 Å². The number of carboxylic acids is 3. The van der Waals surface area contributed by atoms with Crippen LogP contribution in [-0.4, -0.2) is 106 Å². The molecule has 15 heavy (non-hydrogen) atoms. The molecular weight excluding hydrogens is 432 g/mol. The Morgan fingerprint density at radius 1 is 1.00 bits per heavy atom. The van der Waals surface area contributed by atoms with Crippen molar-refractivity contribution in [1.29, 1.82) is 0 Å². The van der Waals surface area contributed by atoms with Gasteiger partial charge in [-0.05, 0) is 0 Å². The molecule has 0 unspecified atom stereocenters. The van der Waals surface area contributed by atoms with Gasteiger partial charge in [-0.25, -0.2) is 0 Å². The molecule has 78 valence electrons. The van der Waals surface area contributed by atoms with Crippen molar-refractivity contribution in [2.45, 2.75) is 18.4 Å². The Kier molecular flexibility index (Phi) is 12.7. The molecule has 0 spiro atoms. The van der Waals surface area contributed by atoms with E-state index in [4.69, 9.17) is 5.11 Å². The fourth-order valence-corrected chi connectivity index (χ4v) is 0.684. The van der Waals surface area contributed by atoms with Gasteiger partial charge in [-0.3, -0.25) is 0 Å². The van der Waals surface area contributed by atoms with E-state index in [1.807, 2.05) is 0 Å². The summed E-state index contributed by atoms with van der Waals surface area (Å²) < 4.78 is 0. The van der Waals surface area contributed by atoms with Crippen LogP contribution in [0, 0.1) is 0 Å². The number of carbonyl (C=O) groups is 3. The van der Waals surface area contributed by atoms with Crippen LogP contribution in [0.1, 0.15) is 12.8 Å². The zero-order chi connectivity index (χ0) is 10.6. The van der Waals surface area contributed by atoms with Gasteiger partial charge in [0, 0.05) is 24.8 Å². The first-order chi connectivity index (χ1) is 5.78. The third-order valence-corrected chi connectivity index (χ3v) is 1.25. The van der Waals surface area contributed by atoms with Gasteiger partial charge in [0.25, 0.3) is 0 Å². The van der Waals surface area contributed by atoms with E-state index in [2.05, 4.69) is 0 Å². The zero-order valence-corrected chi connectivity index (χ0v) is 10.2. The van der Waals surface area contributed by atoms with Crippen molar-refractivity contribution in [2.24, 2.45) is 0 Å². The van der Waals surface area contributed by atoms with Crippen LogP contribution in [0.5, 0.6) is 0 Å². The standard InChI is InChI=1S/C6H8O7.Bi.K.H/c7-3(8)1-6(13,5(11)12)2-4(9)10;;;/h13H,1-2H2,(H,7,8)(H,9,10)(H,11,12);;;/q;+3;;/p-3. The number of carboxylic acid groups (broad SMARTS) is 3. The molecule has 0 aromatic rings. The number of aliphatic carboxylic acids is 3. The first kappa shape index (κ1) is 21.2. The minimum absolute atomic E-state index is 0. The molecular formula is C6H6BiKO7. The van der Waals surface area contributed by atoms with Crippen molar-refractivity contribution in [3.8, 4) is 0 Å². The molecule has 0 fully saturated rings. The Morgan fingerprint density at radius 2 is 1.27 bits per heavy atom.